The Labute approximate surface area is 102 Å². The summed E-state index contributed by atoms with van der Waals surface area (Å²) in [6.45, 7) is 0. The Hall–Kier alpha value is -2.59. The van der Waals surface area contributed by atoms with Gasteiger partial charge in [-0.15, -0.1) is 13.2 Å². The number of aromatic nitrogens is 1. The molecule has 0 saturated carbocycles. The average Bonchev–Trinajstić information content (AvgIpc) is 2.20. The molecule has 11 heteroatoms. The molecule has 0 unspecified atom stereocenters. The molecule has 0 radical (unpaired) electrons. The highest BCUT2D eigenvalue weighted by atomic mass is 19.4. The van der Waals surface area contributed by atoms with Crippen molar-refractivity contribution in [2.24, 2.45) is 0 Å². The molecule has 0 amide bonds. The summed E-state index contributed by atoms with van der Waals surface area (Å²) in [5.74, 6) is -5.63. The van der Waals surface area contributed by atoms with E-state index in [2.05, 4.69) is 9.72 Å². The van der Waals surface area contributed by atoms with Crippen molar-refractivity contribution >= 4 is 11.8 Å². The molecule has 0 spiro atoms. The largest absolute Gasteiger partial charge is 0.573 e. The summed E-state index contributed by atoms with van der Waals surface area (Å²) in [7, 11) is 0. The number of alkyl halides is 3. The summed E-state index contributed by atoms with van der Waals surface area (Å²) >= 11 is 0. The van der Waals surface area contributed by atoms with Crippen LogP contribution in [0.4, 0.5) is 19.0 Å². The van der Waals surface area contributed by atoms with Crippen LogP contribution in [0.15, 0.2) is 6.20 Å². The van der Waals surface area contributed by atoms with E-state index >= 15 is 0 Å². The van der Waals surface area contributed by atoms with Gasteiger partial charge in [-0.25, -0.2) is 0 Å². The van der Waals surface area contributed by atoms with Crippen molar-refractivity contribution in [2.75, 3.05) is 0 Å². The number of rotatable bonds is 4. The molecule has 0 fully saturated rings. The summed E-state index contributed by atoms with van der Waals surface area (Å²) in [6, 6.07) is 0. The molecule has 1 aromatic rings. The number of hydrogen-bond donors (Lipinski definition) is 2. The zero-order valence-corrected chi connectivity index (χ0v) is 8.84. The van der Waals surface area contributed by atoms with Crippen molar-refractivity contribution in [1.82, 2.24) is 4.98 Å². The summed E-state index contributed by atoms with van der Waals surface area (Å²) in [6.07, 6.45) is -5.68. The van der Waals surface area contributed by atoms with E-state index in [9.17, 15) is 33.2 Å². The van der Waals surface area contributed by atoms with Gasteiger partial charge in [0.1, 0.15) is 6.20 Å². The van der Waals surface area contributed by atoms with Crippen LogP contribution in [0, 0.1) is 10.1 Å². The minimum Gasteiger partial charge on any atom is -0.498 e. The summed E-state index contributed by atoms with van der Waals surface area (Å²) in [5.41, 5.74) is -0.645. The zero-order valence-electron chi connectivity index (χ0n) is 8.84. The third kappa shape index (κ3) is 3.69. The molecule has 19 heavy (non-hydrogen) atoms. The standard InChI is InChI=1S/C8H5F3N2O6/c9-8(10,11)19-6-3(1-4(14)15)2-12-7(5(6)16)13(17)18/h2,16H,1H2,(H,14,15). The van der Waals surface area contributed by atoms with Crippen molar-refractivity contribution in [1.29, 1.82) is 0 Å². The number of carboxylic acid groups (broad SMARTS) is 1. The normalized spacial score (nSPS) is 11.1. The maximum atomic E-state index is 12.1. The fourth-order valence-electron chi connectivity index (χ4n) is 1.16. The maximum absolute atomic E-state index is 12.1. The van der Waals surface area contributed by atoms with Crippen LogP contribution >= 0.6 is 0 Å². The van der Waals surface area contributed by atoms with Gasteiger partial charge in [0.15, 0.2) is 5.75 Å². The number of aliphatic carboxylic acids is 1. The molecule has 0 aliphatic rings. The first kappa shape index (κ1) is 14.5. The van der Waals surface area contributed by atoms with Crippen LogP contribution < -0.4 is 4.74 Å². The number of hydrogen-bond acceptors (Lipinski definition) is 6. The summed E-state index contributed by atoms with van der Waals surface area (Å²) in [5, 5.41) is 28.2. The number of halogens is 3. The predicted octanol–water partition coefficient (Wildman–Crippen LogP) is 1.22. The Morgan fingerprint density at radius 2 is 2.11 bits per heavy atom. The summed E-state index contributed by atoms with van der Waals surface area (Å²) < 4.78 is 39.7. The maximum Gasteiger partial charge on any atom is 0.573 e. The van der Waals surface area contributed by atoms with Gasteiger partial charge in [-0.2, -0.15) is 0 Å². The van der Waals surface area contributed by atoms with Gasteiger partial charge in [-0.1, -0.05) is 0 Å². The molecule has 0 aromatic carbocycles. The van der Waals surface area contributed by atoms with Crippen LogP contribution in [0.1, 0.15) is 5.56 Å². The quantitative estimate of drug-likeness (QED) is 0.628. The lowest BCUT2D eigenvalue weighted by atomic mass is 10.2. The number of aromatic hydroxyl groups is 1. The second-order valence-electron chi connectivity index (χ2n) is 3.16. The molecular formula is C8H5F3N2O6. The SMILES string of the molecule is O=C(O)Cc1cnc([N+](=O)[O-])c(O)c1OC(F)(F)F. The molecule has 8 nitrogen and oxygen atoms in total. The molecule has 104 valence electrons. The fraction of sp³-hybridized carbons (Fsp3) is 0.250. The summed E-state index contributed by atoms with van der Waals surface area (Å²) in [4.78, 5) is 22.7. The highest BCUT2D eigenvalue weighted by Gasteiger charge is 2.36. The van der Waals surface area contributed by atoms with Crippen LogP contribution in [0.5, 0.6) is 11.5 Å². The van der Waals surface area contributed by atoms with Crippen LogP contribution in [-0.4, -0.2) is 32.5 Å². The Balaban J connectivity index is 3.36. The molecule has 0 aliphatic carbocycles. The van der Waals surface area contributed by atoms with Gasteiger partial charge in [0.05, 0.1) is 12.0 Å². The molecule has 0 aliphatic heterocycles. The number of ether oxygens (including phenoxy) is 1. The zero-order chi connectivity index (χ0) is 14.8. The first-order valence-electron chi connectivity index (χ1n) is 4.44. The van der Waals surface area contributed by atoms with Gasteiger partial charge in [-0.05, 0) is 9.91 Å². The van der Waals surface area contributed by atoms with Crippen molar-refractivity contribution in [2.45, 2.75) is 12.8 Å². The van der Waals surface area contributed by atoms with Crippen molar-refractivity contribution in [3.05, 3.63) is 21.9 Å². The molecule has 0 saturated heterocycles. The van der Waals surface area contributed by atoms with Crippen LogP contribution in [0.3, 0.4) is 0 Å². The molecular weight excluding hydrogens is 277 g/mol. The number of pyridine rings is 1. The molecule has 2 N–H and O–H groups in total. The lowest BCUT2D eigenvalue weighted by Crippen LogP contribution is -2.19. The van der Waals surface area contributed by atoms with E-state index < -0.39 is 46.6 Å². The molecule has 0 atom stereocenters. The number of nitro groups is 1. The lowest BCUT2D eigenvalue weighted by molar-refractivity contribution is -0.390. The molecule has 1 rings (SSSR count). The van der Waals surface area contributed by atoms with E-state index in [4.69, 9.17) is 5.11 Å². The van der Waals surface area contributed by atoms with E-state index in [-0.39, 0.29) is 0 Å². The Bertz CT molecular complexity index is 530. The average molecular weight is 282 g/mol. The lowest BCUT2D eigenvalue weighted by Gasteiger charge is -2.12. The Morgan fingerprint density at radius 1 is 1.53 bits per heavy atom. The second-order valence-corrected chi connectivity index (χ2v) is 3.16. The van der Waals surface area contributed by atoms with E-state index in [0.717, 1.165) is 0 Å². The minimum atomic E-state index is -5.25. The third-order valence-electron chi connectivity index (χ3n) is 1.79. The van der Waals surface area contributed by atoms with Crippen LogP contribution in [-0.2, 0) is 11.2 Å². The molecule has 1 aromatic heterocycles. The van der Waals surface area contributed by atoms with Gasteiger partial charge < -0.3 is 25.1 Å². The van der Waals surface area contributed by atoms with E-state index in [1.807, 2.05) is 0 Å². The van der Waals surface area contributed by atoms with Gasteiger partial charge in [0.2, 0.25) is 0 Å². The van der Waals surface area contributed by atoms with Crippen molar-refractivity contribution in [3.8, 4) is 11.5 Å². The van der Waals surface area contributed by atoms with Gasteiger partial charge >= 0.3 is 18.1 Å². The molecule has 0 bridgehead atoms. The van der Waals surface area contributed by atoms with Crippen LogP contribution in [0.25, 0.3) is 0 Å². The van der Waals surface area contributed by atoms with Crippen LogP contribution in [0.2, 0.25) is 0 Å². The van der Waals surface area contributed by atoms with E-state index in [1.54, 1.807) is 0 Å². The highest BCUT2D eigenvalue weighted by Crippen LogP contribution is 2.39. The van der Waals surface area contributed by atoms with E-state index in [0.29, 0.717) is 6.20 Å². The minimum absolute atomic E-state index is 0.521. The Morgan fingerprint density at radius 3 is 2.53 bits per heavy atom. The number of carboxylic acids is 1. The highest BCUT2D eigenvalue weighted by molar-refractivity contribution is 5.72. The van der Waals surface area contributed by atoms with Gasteiger partial charge in [0, 0.05) is 0 Å². The second kappa shape index (κ2) is 4.96. The number of carbonyl (C=O) groups is 1. The van der Waals surface area contributed by atoms with Gasteiger partial charge in [-0.3, -0.25) is 4.79 Å². The predicted molar refractivity (Wildman–Crippen MR) is 50.6 cm³/mol. The fourth-order valence-corrected chi connectivity index (χ4v) is 1.16. The number of nitrogens with zero attached hydrogens (tertiary/aromatic N) is 2. The first-order valence-corrected chi connectivity index (χ1v) is 4.44. The van der Waals surface area contributed by atoms with Gasteiger partial charge in [0.25, 0.3) is 5.75 Å². The monoisotopic (exact) mass is 282 g/mol. The van der Waals surface area contributed by atoms with Crippen molar-refractivity contribution < 1.29 is 37.8 Å². The topological polar surface area (TPSA) is 123 Å². The van der Waals surface area contributed by atoms with E-state index in [1.165, 1.54) is 0 Å². The molecule has 1 heterocycles. The Kier molecular flexibility index (Phi) is 3.77. The third-order valence-corrected chi connectivity index (χ3v) is 1.79. The van der Waals surface area contributed by atoms with Crippen molar-refractivity contribution in [3.63, 3.8) is 0 Å². The first-order chi connectivity index (χ1) is 8.61. The smallest absolute Gasteiger partial charge is 0.498 e.